The SMILES string of the molecule is CC(C)(C)c1nn(C(F)F)cc1-c1ccccc1. The normalized spacial score (nSPS) is 12.1. The van der Waals surface area contributed by atoms with Crippen molar-refractivity contribution in [2.75, 3.05) is 0 Å². The molecule has 0 atom stereocenters. The molecule has 96 valence electrons. The van der Waals surface area contributed by atoms with Gasteiger partial charge < -0.3 is 0 Å². The Labute approximate surface area is 105 Å². The molecule has 0 amide bonds. The second-order valence-corrected chi connectivity index (χ2v) is 5.27. The van der Waals surface area contributed by atoms with Gasteiger partial charge in [0.2, 0.25) is 0 Å². The van der Waals surface area contributed by atoms with Gasteiger partial charge in [-0.05, 0) is 5.56 Å². The average molecular weight is 250 g/mol. The zero-order chi connectivity index (χ0) is 13.3. The first-order chi connectivity index (χ1) is 8.39. The van der Waals surface area contributed by atoms with E-state index in [1.165, 1.54) is 6.20 Å². The van der Waals surface area contributed by atoms with Crippen LogP contribution in [0.15, 0.2) is 36.5 Å². The van der Waals surface area contributed by atoms with Crippen molar-refractivity contribution in [2.45, 2.75) is 32.7 Å². The number of benzene rings is 1. The van der Waals surface area contributed by atoms with E-state index in [0.717, 1.165) is 15.8 Å². The number of alkyl halides is 2. The van der Waals surface area contributed by atoms with Crippen LogP contribution in [0.2, 0.25) is 0 Å². The highest BCUT2D eigenvalue weighted by Gasteiger charge is 2.24. The number of rotatable bonds is 2. The third-order valence-electron chi connectivity index (χ3n) is 2.73. The molecule has 2 aromatic rings. The Bertz CT molecular complexity index is 524. The molecule has 2 rings (SSSR count). The summed E-state index contributed by atoms with van der Waals surface area (Å²) in [5, 5.41) is 4.02. The zero-order valence-corrected chi connectivity index (χ0v) is 10.7. The van der Waals surface area contributed by atoms with Crippen LogP contribution in [0.1, 0.15) is 33.0 Å². The topological polar surface area (TPSA) is 17.8 Å². The fraction of sp³-hybridized carbons (Fsp3) is 0.357. The highest BCUT2D eigenvalue weighted by atomic mass is 19.3. The average Bonchev–Trinajstić information content (AvgIpc) is 2.74. The molecule has 0 saturated heterocycles. The molecule has 0 saturated carbocycles. The van der Waals surface area contributed by atoms with Crippen LogP contribution in [-0.2, 0) is 5.41 Å². The molecule has 0 radical (unpaired) electrons. The summed E-state index contributed by atoms with van der Waals surface area (Å²) in [5.74, 6) is 0. The summed E-state index contributed by atoms with van der Waals surface area (Å²) in [6.45, 7) is 3.30. The highest BCUT2D eigenvalue weighted by Crippen LogP contribution is 2.32. The third kappa shape index (κ3) is 2.42. The molecular weight excluding hydrogens is 234 g/mol. The number of hydrogen-bond donors (Lipinski definition) is 0. The second kappa shape index (κ2) is 4.52. The van der Waals surface area contributed by atoms with Crippen molar-refractivity contribution in [1.29, 1.82) is 0 Å². The Morgan fingerprint density at radius 3 is 2.22 bits per heavy atom. The molecule has 0 bridgehead atoms. The first kappa shape index (κ1) is 12.7. The number of halogens is 2. The Kier molecular flexibility index (Phi) is 3.20. The molecule has 0 unspecified atom stereocenters. The van der Waals surface area contributed by atoms with Crippen molar-refractivity contribution in [3.8, 4) is 11.1 Å². The summed E-state index contributed by atoms with van der Waals surface area (Å²) in [4.78, 5) is 0. The molecule has 0 spiro atoms. The molecule has 0 aliphatic heterocycles. The van der Waals surface area contributed by atoms with E-state index < -0.39 is 6.55 Å². The minimum atomic E-state index is -2.61. The molecule has 0 N–H and O–H groups in total. The summed E-state index contributed by atoms with van der Waals surface area (Å²) in [5.41, 5.74) is 2.09. The van der Waals surface area contributed by atoms with E-state index in [4.69, 9.17) is 0 Å². The molecule has 0 aliphatic rings. The largest absolute Gasteiger partial charge is 0.333 e. The van der Waals surface area contributed by atoms with Crippen LogP contribution >= 0.6 is 0 Å². The molecule has 2 nitrogen and oxygen atoms in total. The lowest BCUT2D eigenvalue weighted by Gasteiger charge is -2.17. The molecule has 1 heterocycles. The fourth-order valence-electron chi connectivity index (χ4n) is 1.87. The highest BCUT2D eigenvalue weighted by molar-refractivity contribution is 5.66. The maximum absolute atomic E-state index is 12.8. The van der Waals surface area contributed by atoms with Crippen LogP contribution in [0.3, 0.4) is 0 Å². The van der Waals surface area contributed by atoms with E-state index in [1.54, 1.807) is 0 Å². The van der Waals surface area contributed by atoms with E-state index in [2.05, 4.69) is 5.10 Å². The Morgan fingerprint density at radius 2 is 1.72 bits per heavy atom. The van der Waals surface area contributed by atoms with Gasteiger partial charge in [-0.3, -0.25) is 0 Å². The van der Waals surface area contributed by atoms with E-state index in [-0.39, 0.29) is 5.41 Å². The van der Waals surface area contributed by atoms with Crippen molar-refractivity contribution in [3.63, 3.8) is 0 Å². The molecule has 1 aromatic heterocycles. The molecule has 0 aliphatic carbocycles. The zero-order valence-electron chi connectivity index (χ0n) is 10.7. The van der Waals surface area contributed by atoms with Gasteiger partial charge in [0.1, 0.15) is 0 Å². The second-order valence-electron chi connectivity index (χ2n) is 5.27. The van der Waals surface area contributed by atoms with E-state index >= 15 is 0 Å². The molecule has 18 heavy (non-hydrogen) atoms. The predicted molar refractivity (Wildman–Crippen MR) is 67.6 cm³/mol. The lowest BCUT2D eigenvalue weighted by atomic mass is 9.87. The molecular formula is C14H16F2N2. The van der Waals surface area contributed by atoms with Gasteiger partial charge in [-0.1, -0.05) is 51.1 Å². The predicted octanol–water partition coefficient (Wildman–Crippen LogP) is 4.24. The van der Waals surface area contributed by atoms with Gasteiger partial charge in [-0.25, -0.2) is 4.68 Å². The maximum Gasteiger partial charge on any atom is 0.333 e. The monoisotopic (exact) mass is 250 g/mol. The quantitative estimate of drug-likeness (QED) is 0.779. The van der Waals surface area contributed by atoms with Crippen molar-refractivity contribution >= 4 is 0 Å². The third-order valence-corrected chi connectivity index (χ3v) is 2.73. The van der Waals surface area contributed by atoms with Crippen LogP contribution < -0.4 is 0 Å². The molecule has 0 fully saturated rings. The summed E-state index contributed by atoms with van der Waals surface area (Å²) >= 11 is 0. The van der Waals surface area contributed by atoms with E-state index in [1.807, 2.05) is 51.1 Å². The Morgan fingerprint density at radius 1 is 1.11 bits per heavy atom. The summed E-state index contributed by atoms with van der Waals surface area (Å²) in [7, 11) is 0. The summed E-state index contributed by atoms with van der Waals surface area (Å²) in [6, 6.07) is 9.49. The van der Waals surface area contributed by atoms with Gasteiger partial charge in [-0.15, -0.1) is 0 Å². The first-order valence-electron chi connectivity index (χ1n) is 5.83. The molecule has 4 heteroatoms. The minimum Gasteiger partial charge on any atom is -0.211 e. The van der Waals surface area contributed by atoms with Gasteiger partial charge in [-0.2, -0.15) is 13.9 Å². The van der Waals surface area contributed by atoms with E-state index in [9.17, 15) is 8.78 Å². The lowest BCUT2D eigenvalue weighted by Crippen LogP contribution is -2.14. The van der Waals surface area contributed by atoms with Crippen LogP contribution in [0.25, 0.3) is 11.1 Å². The number of nitrogens with zero attached hydrogens (tertiary/aromatic N) is 2. The van der Waals surface area contributed by atoms with Crippen molar-refractivity contribution in [1.82, 2.24) is 9.78 Å². The van der Waals surface area contributed by atoms with Crippen LogP contribution in [0.5, 0.6) is 0 Å². The van der Waals surface area contributed by atoms with Crippen LogP contribution in [-0.4, -0.2) is 9.78 Å². The lowest BCUT2D eigenvalue weighted by molar-refractivity contribution is 0.0558. The molecule has 1 aromatic carbocycles. The van der Waals surface area contributed by atoms with Crippen LogP contribution in [0, 0.1) is 0 Å². The maximum atomic E-state index is 12.8. The fourth-order valence-corrected chi connectivity index (χ4v) is 1.87. The van der Waals surface area contributed by atoms with Crippen molar-refractivity contribution < 1.29 is 8.78 Å². The van der Waals surface area contributed by atoms with E-state index in [0.29, 0.717) is 5.69 Å². The number of hydrogen-bond acceptors (Lipinski definition) is 1. The minimum absolute atomic E-state index is 0.273. The Hall–Kier alpha value is -1.71. The van der Waals surface area contributed by atoms with Gasteiger partial charge >= 0.3 is 6.55 Å². The van der Waals surface area contributed by atoms with Crippen molar-refractivity contribution in [3.05, 3.63) is 42.2 Å². The summed E-state index contributed by atoms with van der Waals surface area (Å²) in [6.07, 6.45) is 1.42. The Balaban J connectivity index is 2.59. The van der Waals surface area contributed by atoms with Gasteiger partial charge in [0.25, 0.3) is 0 Å². The van der Waals surface area contributed by atoms with Gasteiger partial charge in [0, 0.05) is 17.2 Å². The standard InChI is InChI=1S/C14H16F2N2/c1-14(2,3)12-11(9-18(17-12)13(15)16)10-7-5-4-6-8-10/h4-9,13H,1-3H3. The van der Waals surface area contributed by atoms with Gasteiger partial charge in [0.15, 0.2) is 0 Å². The van der Waals surface area contributed by atoms with Crippen molar-refractivity contribution in [2.24, 2.45) is 0 Å². The smallest absolute Gasteiger partial charge is 0.211 e. The van der Waals surface area contributed by atoms with Crippen LogP contribution in [0.4, 0.5) is 8.78 Å². The van der Waals surface area contributed by atoms with Gasteiger partial charge in [0.05, 0.1) is 5.69 Å². The summed E-state index contributed by atoms with van der Waals surface area (Å²) < 4.78 is 26.3. The first-order valence-corrected chi connectivity index (χ1v) is 5.83. The number of aromatic nitrogens is 2.